The van der Waals surface area contributed by atoms with Crippen molar-refractivity contribution >= 4 is 17.4 Å². The summed E-state index contributed by atoms with van der Waals surface area (Å²) in [5.41, 5.74) is 1.10. The maximum Gasteiger partial charge on any atom is 0.315 e. The van der Waals surface area contributed by atoms with Crippen LogP contribution < -0.4 is 10.6 Å². The Bertz CT molecular complexity index is 468. The van der Waals surface area contributed by atoms with E-state index in [1.807, 2.05) is 41.8 Å². The van der Waals surface area contributed by atoms with Crippen LogP contribution in [0.4, 0.5) is 4.79 Å². The Labute approximate surface area is 111 Å². The molecule has 18 heavy (non-hydrogen) atoms. The minimum Gasteiger partial charge on any atom is -0.338 e. The molecule has 2 aromatic rings. The first kappa shape index (κ1) is 12.6. The number of nitrogens with one attached hydrogen (secondary N) is 2. The van der Waals surface area contributed by atoms with Crippen LogP contribution in [0.15, 0.2) is 47.8 Å². The average molecular weight is 260 g/mol. The van der Waals surface area contributed by atoms with E-state index in [4.69, 9.17) is 0 Å². The molecule has 3 nitrogen and oxygen atoms in total. The fraction of sp³-hybridized carbons (Fsp3) is 0.214. The lowest BCUT2D eigenvalue weighted by molar-refractivity contribution is 0.240. The van der Waals surface area contributed by atoms with Gasteiger partial charge in [-0.25, -0.2) is 4.79 Å². The summed E-state index contributed by atoms with van der Waals surface area (Å²) in [5, 5.41) is 7.73. The number of hydrogen-bond acceptors (Lipinski definition) is 2. The lowest BCUT2D eigenvalue weighted by Crippen LogP contribution is -2.36. The maximum absolute atomic E-state index is 11.5. The SMILES string of the molecule is O=C(NCCc1cccs1)NCc1ccccc1. The van der Waals surface area contributed by atoms with Gasteiger partial charge in [-0.15, -0.1) is 11.3 Å². The van der Waals surface area contributed by atoms with Crippen LogP contribution in [0.1, 0.15) is 10.4 Å². The molecule has 1 aromatic heterocycles. The standard InChI is InChI=1S/C14H16N2OS/c17-14(15-9-8-13-7-4-10-18-13)16-11-12-5-2-1-3-6-12/h1-7,10H,8-9,11H2,(H2,15,16,17). The molecular weight excluding hydrogens is 244 g/mol. The maximum atomic E-state index is 11.5. The molecule has 2 amide bonds. The van der Waals surface area contributed by atoms with Crippen molar-refractivity contribution in [1.82, 2.24) is 10.6 Å². The fourth-order valence-electron chi connectivity index (χ4n) is 1.59. The highest BCUT2D eigenvalue weighted by atomic mass is 32.1. The quantitative estimate of drug-likeness (QED) is 0.852. The van der Waals surface area contributed by atoms with Gasteiger partial charge in [-0.3, -0.25) is 0 Å². The van der Waals surface area contributed by atoms with Crippen molar-refractivity contribution in [2.45, 2.75) is 13.0 Å². The minimum atomic E-state index is -0.115. The van der Waals surface area contributed by atoms with Gasteiger partial charge in [0.05, 0.1) is 0 Å². The largest absolute Gasteiger partial charge is 0.338 e. The Kier molecular flexibility index (Phi) is 4.78. The molecule has 0 aliphatic rings. The van der Waals surface area contributed by atoms with Gasteiger partial charge in [-0.2, -0.15) is 0 Å². The summed E-state index contributed by atoms with van der Waals surface area (Å²) < 4.78 is 0. The Hall–Kier alpha value is -1.81. The van der Waals surface area contributed by atoms with E-state index in [2.05, 4.69) is 16.7 Å². The second-order valence-electron chi connectivity index (χ2n) is 3.92. The van der Waals surface area contributed by atoms with Crippen molar-refractivity contribution in [3.63, 3.8) is 0 Å². The summed E-state index contributed by atoms with van der Waals surface area (Å²) in [4.78, 5) is 12.8. The highest BCUT2D eigenvalue weighted by molar-refractivity contribution is 7.09. The first-order valence-electron chi connectivity index (χ1n) is 5.92. The van der Waals surface area contributed by atoms with Gasteiger partial charge in [0.2, 0.25) is 0 Å². The molecule has 0 saturated heterocycles. The zero-order valence-corrected chi connectivity index (χ0v) is 10.9. The smallest absolute Gasteiger partial charge is 0.315 e. The van der Waals surface area contributed by atoms with Crippen molar-refractivity contribution in [3.8, 4) is 0 Å². The van der Waals surface area contributed by atoms with Gasteiger partial charge in [0.15, 0.2) is 0 Å². The molecule has 1 aromatic carbocycles. The van der Waals surface area contributed by atoms with Gasteiger partial charge in [0.25, 0.3) is 0 Å². The van der Waals surface area contributed by atoms with E-state index in [-0.39, 0.29) is 6.03 Å². The van der Waals surface area contributed by atoms with Crippen LogP contribution in [-0.2, 0) is 13.0 Å². The van der Waals surface area contributed by atoms with E-state index in [1.165, 1.54) is 4.88 Å². The number of benzene rings is 1. The Balaban J connectivity index is 1.63. The molecule has 0 atom stereocenters. The number of carbonyl (C=O) groups is 1. The lowest BCUT2D eigenvalue weighted by Gasteiger charge is -2.07. The van der Waals surface area contributed by atoms with Crippen LogP contribution in [0.5, 0.6) is 0 Å². The zero-order valence-electron chi connectivity index (χ0n) is 10.1. The number of carbonyl (C=O) groups excluding carboxylic acids is 1. The molecule has 1 heterocycles. The van der Waals surface area contributed by atoms with Crippen LogP contribution in [0.25, 0.3) is 0 Å². The van der Waals surface area contributed by atoms with Crippen LogP contribution >= 0.6 is 11.3 Å². The van der Waals surface area contributed by atoms with Gasteiger partial charge in [0, 0.05) is 18.0 Å². The van der Waals surface area contributed by atoms with Crippen molar-refractivity contribution in [2.24, 2.45) is 0 Å². The van der Waals surface area contributed by atoms with Gasteiger partial charge in [-0.05, 0) is 23.4 Å². The molecule has 0 unspecified atom stereocenters. The summed E-state index contributed by atoms with van der Waals surface area (Å²) in [7, 11) is 0. The van der Waals surface area contributed by atoms with Gasteiger partial charge in [-0.1, -0.05) is 36.4 Å². The van der Waals surface area contributed by atoms with Crippen LogP contribution in [-0.4, -0.2) is 12.6 Å². The molecule has 0 spiro atoms. The second kappa shape index (κ2) is 6.81. The second-order valence-corrected chi connectivity index (χ2v) is 4.96. The first-order valence-corrected chi connectivity index (χ1v) is 6.80. The van der Waals surface area contributed by atoms with Crippen LogP contribution in [0, 0.1) is 0 Å². The van der Waals surface area contributed by atoms with E-state index in [1.54, 1.807) is 11.3 Å². The van der Waals surface area contributed by atoms with Crippen molar-refractivity contribution in [1.29, 1.82) is 0 Å². The molecule has 2 rings (SSSR count). The van der Waals surface area contributed by atoms with Crippen molar-refractivity contribution < 1.29 is 4.79 Å². The summed E-state index contributed by atoms with van der Waals surface area (Å²) in [6.07, 6.45) is 0.885. The fourth-order valence-corrected chi connectivity index (χ4v) is 2.30. The molecule has 4 heteroatoms. The highest BCUT2D eigenvalue weighted by Crippen LogP contribution is 2.07. The number of urea groups is 1. The Morgan fingerprint density at radius 1 is 1.06 bits per heavy atom. The van der Waals surface area contributed by atoms with Crippen molar-refractivity contribution in [2.75, 3.05) is 6.54 Å². The van der Waals surface area contributed by atoms with Crippen LogP contribution in [0.2, 0.25) is 0 Å². The molecule has 2 N–H and O–H groups in total. The van der Waals surface area contributed by atoms with Gasteiger partial charge < -0.3 is 10.6 Å². The monoisotopic (exact) mass is 260 g/mol. The number of amides is 2. The molecule has 0 radical (unpaired) electrons. The molecule has 0 bridgehead atoms. The molecule has 0 saturated carbocycles. The number of hydrogen-bond donors (Lipinski definition) is 2. The normalized spacial score (nSPS) is 10.0. The average Bonchev–Trinajstić information content (AvgIpc) is 2.91. The van der Waals surface area contributed by atoms with E-state index in [0.717, 1.165) is 12.0 Å². The van der Waals surface area contributed by atoms with Gasteiger partial charge in [0.1, 0.15) is 0 Å². The minimum absolute atomic E-state index is 0.115. The predicted octanol–water partition coefficient (Wildman–Crippen LogP) is 2.79. The summed E-state index contributed by atoms with van der Waals surface area (Å²) >= 11 is 1.71. The van der Waals surface area contributed by atoms with Crippen LogP contribution in [0.3, 0.4) is 0 Å². The number of rotatable bonds is 5. The van der Waals surface area contributed by atoms with E-state index < -0.39 is 0 Å². The molecule has 0 aliphatic heterocycles. The third kappa shape index (κ3) is 4.22. The molecule has 0 fully saturated rings. The Morgan fingerprint density at radius 3 is 2.61 bits per heavy atom. The first-order chi connectivity index (χ1) is 8.84. The third-order valence-electron chi connectivity index (χ3n) is 2.53. The predicted molar refractivity (Wildman–Crippen MR) is 74.7 cm³/mol. The Morgan fingerprint density at radius 2 is 1.89 bits per heavy atom. The highest BCUT2D eigenvalue weighted by Gasteiger charge is 2.00. The number of thiophene rings is 1. The van der Waals surface area contributed by atoms with Crippen molar-refractivity contribution in [3.05, 3.63) is 58.3 Å². The molecular formula is C14H16N2OS. The lowest BCUT2D eigenvalue weighted by atomic mass is 10.2. The third-order valence-corrected chi connectivity index (χ3v) is 3.47. The van der Waals surface area contributed by atoms with E-state index in [9.17, 15) is 4.79 Å². The van der Waals surface area contributed by atoms with Gasteiger partial charge >= 0.3 is 6.03 Å². The van der Waals surface area contributed by atoms with E-state index >= 15 is 0 Å². The molecule has 0 aliphatic carbocycles. The summed E-state index contributed by atoms with van der Waals surface area (Å²) in [5.74, 6) is 0. The summed E-state index contributed by atoms with van der Waals surface area (Å²) in [6, 6.07) is 13.9. The zero-order chi connectivity index (χ0) is 12.6. The topological polar surface area (TPSA) is 41.1 Å². The van der Waals surface area contributed by atoms with E-state index in [0.29, 0.717) is 13.1 Å². The molecule has 94 valence electrons. The summed E-state index contributed by atoms with van der Waals surface area (Å²) in [6.45, 7) is 1.23.